The zero-order chi connectivity index (χ0) is 34.8. The summed E-state index contributed by atoms with van der Waals surface area (Å²) in [6.45, 7) is 3.40. The van der Waals surface area contributed by atoms with Crippen molar-refractivity contribution in [3.63, 3.8) is 0 Å². The van der Waals surface area contributed by atoms with Gasteiger partial charge in [-0.1, -0.05) is 12.5 Å². The Kier molecular flexibility index (Phi) is 12.3. The van der Waals surface area contributed by atoms with Crippen molar-refractivity contribution in [3.05, 3.63) is 63.8 Å². The Labute approximate surface area is 280 Å². The zero-order valence-corrected chi connectivity index (χ0v) is 28.3. The Morgan fingerprint density at radius 1 is 0.771 bits per heavy atom. The molecule has 0 spiro atoms. The van der Waals surface area contributed by atoms with E-state index in [2.05, 4.69) is 21.3 Å². The summed E-state index contributed by atoms with van der Waals surface area (Å²) in [5, 5.41) is 11.8. The molecule has 3 aromatic rings. The summed E-state index contributed by atoms with van der Waals surface area (Å²) in [7, 11) is 6.19. The summed E-state index contributed by atoms with van der Waals surface area (Å²) in [4.78, 5) is 49.7. The molecule has 12 nitrogen and oxygen atoms in total. The molecule has 12 heteroatoms. The fourth-order valence-corrected chi connectivity index (χ4v) is 5.96. The van der Waals surface area contributed by atoms with E-state index in [1.54, 1.807) is 51.7 Å². The number of ether oxygens (including phenoxy) is 4. The number of unbranched alkanes of at least 4 members (excludes halogenated alkanes) is 2. The molecule has 1 aliphatic rings. The number of nitrogens with one attached hydrogen (secondary N) is 4. The van der Waals surface area contributed by atoms with Gasteiger partial charge in [0.05, 0.1) is 45.9 Å². The predicted octanol–water partition coefficient (Wildman–Crippen LogP) is 5.44. The van der Waals surface area contributed by atoms with Crippen molar-refractivity contribution < 1.29 is 33.3 Å². The second-order valence-corrected chi connectivity index (χ2v) is 11.5. The van der Waals surface area contributed by atoms with Crippen molar-refractivity contribution in [2.24, 2.45) is 0 Å². The number of anilines is 3. The van der Waals surface area contributed by atoms with Crippen LogP contribution in [-0.4, -0.2) is 52.7 Å². The lowest BCUT2D eigenvalue weighted by Crippen LogP contribution is -2.26. The largest absolute Gasteiger partial charge is 0.495 e. The number of aryl methyl sites for hydroxylation is 1. The highest BCUT2D eigenvalue weighted by molar-refractivity contribution is 5.95. The van der Waals surface area contributed by atoms with Crippen molar-refractivity contribution in [2.75, 3.05) is 50.9 Å². The van der Waals surface area contributed by atoms with Gasteiger partial charge in [0.1, 0.15) is 5.75 Å². The maximum atomic E-state index is 13.5. The fourth-order valence-electron chi connectivity index (χ4n) is 5.96. The molecular formula is C36H44N4O8. The lowest BCUT2D eigenvalue weighted by atomic mass is 9.95. The van der Waals surface area contributed by atoms with E-state index in [0.29, 0.717) is 77.9 Å². The number of carbonyl (C=O) groups is 3. The summed E-state index contributed by atoms with van der Waals surface area (Å²) < 4.78 is 22.4. The summed E-state index contributed by atoms with van der Waals surface area (Å²) in [5.74, 6) is 1.39. The van der Waals surface area contributed by atoms with Crippen molar-refractivity contribution in [1.29, 1.82) is 0 Å². The van der Waals surface area contributed by atoms with E-state index in [9.17, 15) is 19.2 Å². The fraction of sp³-hybridized carbons (Fsp3) is 0.389. The molecule has 0 bridgehead atoms. The van der Waals surface area contributed by atoms with Crippen LogP contribution in [-0.2, 0) is 20.8 Å². The topological polar surface area (TPSA) is 153 Å². The van der Waals surface area contributed by atoms with Gasteiger partial charge < -0.3 is 40.2 Å². The number of benzene rings is 2. The molecule has 1 aliphatic carbocycles. The first-order chi connectivity index (χ1) is 23.1. The molecule has 48 heavy (non-hydrogen) atoms. The maximum absolute atomic E-state index is 13.5. The normalized spacial score (nSPS) is 13.2. The van der Waals surface area contributed by atoms with E-state index >= 15 is 0 Å². The predicted molar refractivity (Wildman–Crippen MR) is 186 cm³/mol. The molecule has 3 amide bonds. The van der Waals surface area contributed by atoms with Crippen LogP contribution in [0.25, 0.3) is 11.1 Å². The standard InChI is InChI=1S/C36H44N4O8/c1-21(41)38-24-12-16-31(45-3)29(19-24)40-33(44)10-8-7-9-17-37-28-15-13-25-26(20-30(28)43)27(39-22(2)42)14-11-23-18-32(46-4)35(47-5)36(48-6)34(23)25/h12-13,15-16,18-20,27H,7-11,14,17H2,1-6H3,(H,37,43)(H,38,41)(H,39,42)(H,40,44). The monoisotopic (exact) mass is 660 g/mol. The van der Waals surface area contributed by atoms with Crippen LogP contribution < -0.4 is 45.6 Å². The molecule has 1 unspecified atom stereocenters. The van der Waals surface area contributed by atoms with E-state index in [1.807, 2.05) is 12.1 Å². The third-order valence-electron chi connectivity index (χ3n) is 8.11. The molecule has 4 N–H and O–H groups in total. The molecule has 3 aromatic carbocycles. The number of amides is 3. The van der Waals surface area contributed by atoms with Crippen LogP contribution in [0.15, 0.2) is 47.3 Å². The van der Waals surface area contributed by atoms with Crippen molar-refractivity contribution in [3.8, 4) is 34.1 Å². The van der Waals surface area contributed by atoms with Crippen LogP contribution in [0.1, 0.15) is 63.1 Å². The smallest absolute Gasteiger partial charge is 0.224 e. The van der Waals surface area contributed by atoms with Crippen LogP contribution >= 0.6 is 0 Å². The number of fused-ring (bicyclic) bond motifs is 3. The highest BCUT2D eigenvalue weighted by Gasteiger charge is 2.29. The van der Waals surface area contributed by atoms with Gasteiger partial charge in [0, 0.05) is 38.1 Å². The quantitative estimate of drug-likeness (QED) is 0.166. The molecule has 0 fully saturated rings. The second-order valence-electron chi connectivity index (χ2n) is 11.5. The van der Waals surface area contributed by atoms with Crippen LogP contribution in [0.5, 0.6) is 23.0 Å². The van der Waals surface area contributed by atoms with Gasteiger partial charge in [-0.3, -0.25) is 19.2 Å². The summed E-state index contributed by atoms with van der Waals surface area (Å²) in [5.41, 5.74) is 4.45. The minimum atomic E-state index is -0.390. The van der Waals surface area contributed by atoms with E-state index in [1.165, 1.54) is 21.0 Å². The van der Waals surface area contributed by atoms with Gasteiger partial charge in [0.25, 0.3) is 0 Å². The molecule has 0 saturated heterocycles. The lowest BCUT2D eigenvalue weighted by molar-refractivity contribution is -0.120. The van der Waals surface area contributed by atoms with Crippen LogP contribution in [0.4, 0.5) is 17.1 Å². The minimum Gasteiger partial charge on any atom is -0.495 e. The molecule has 1 atom stereocenters. The molecule has 0 saturated carbocycles. The highest BCUT2D eigenvalue weighted by atomic mass is 16.5. The van der Waals surface area contributed by atoms with Gasteiger partial charge in [0.2, 0.25) is 28.9 Å². The van der Waals surface area contributed by atoms with Crippen LogP contribution in [0, 0.1) is 0 Å². The SMILES string of the molecule is COc1ccc(NC(C)=O)cc1NC(=O)CCCCCNc1ccc2c(cc1=O)C(NC(C)=O)CCc1cc(OC)c(OC)c(OC)c1-2. The molecule has 4 rings (SSSR count). The summed E-state index contributed by atoms with van der Waals surface area (Å²) >= 11 is 0. The second kappa shape index (κ2) is 16.5. The number of carbonyl (C=O) groups excluding carboxylic acids is 3. The minimum absolute atomic E-state index is 0.168. The van der Waals surface area contributed by atoms with E-state index in [-0.39, 0.29) is 23.2 Å². The van der Waals surface area contributed by atoms with E-state index < -0.39 is 6.04 Å². The Morgan fingerprint density at radius 2 is 1.52 bits per heavy atom. The highest BCUT2D eigenvalue weighted by Crippen LogP contribution is 2.50. The summed E-state index contributed by atoms with van der Waals surface area (Å²) in [6.07, 6.45) is 3.61. The Balaban J connectivity index is 1.46. The maximum Gasteiger partial charge on any atom is 0.224 e. The number of rotatable bonds is 14. The summed E-state index contributed by atoms with van der Waals surface area (Å²) in [6, 6.07) is 11.8. The first kappa shape index (κ1) is 35.6. The molecule has 256 valence electrons. The first-order valence-electron chi connectivity index (χ1n) is 15.9. The van der Waals surface area contributed by atoms with E-state index in [4.69, 9.17) is 18.9 Å². The van der Waals surface area contributed by atoms with Gasteiger partial charge in [0.15, 0.2) is 11.5 Å². The first-order valence-corrected chi connectivity index (χ1v) is 15.9. The van der Waals surface area contributed by atoms with Gasteiger partial charge in [-0.15, -0.1) is 0 Å². The van der Waals surface area contributed by atoms with Gasteiger partial charge >= 0.3 is 0 Å². The Bertz CT molecular complexity index is 1730. The molecule has 0 aliphatic heterocycles. The van der Waals surface area contributed by atoms with Crippen LogP contribution in [0.3, 0.4) is 0 Å². The van der Waals surface area contributed by atoms with Crippen molar-refractivity contribution in [2.45, 2.75) is 58.4 Å². The van der Waals surface area contributed by atoms with Crippen molar-refractivity contribution >= 4 is 34.8 Å². The third-order valence-corrected chi connectivity index (χ3v) is 8.11. The number of hydrogen-bond acceptors (Lipinski definition) is 9. The average Bonchev–Trinajstić information content (AvgIpc) is 3.29. The zero-order valence-electron chi connectivity index (χ0n) is 28.3. The van der Waals surface area contributed by atoms with Gasteiger partial charge in [-0.2, -0.15) is 0 Å². The number of hydrogen-bond donors (Lipinski definition) is 4. The molecule has 0 aromatic heterocycles. The average molecular weight is 661 g/mol. The lowest BCUT2D eigenvalue weighted by Gasteiger charge is -2.19. The molecular weight excluding hydrogens is 616 g/mol. The number of methoxy groups -OCH3 is 4. The van der Waals surface area contributed by atoms with Gasteiger partial charge in [-0.25, -0.2) is 0 Å². The molecule has 0 heterocycles. The van der Waals surface area contributed by atoms with E-state index in [0.717, 1.165) is 29.5 Å². The van der Waals surface area contributed by atoms with Gasteiger partial charge in [-0.05, 0) is 78.8 Å². The molecule has 0 radical (unpaired) electrons. The van der Waals surface area contributed by atoms with Crippen LogP contribution in [0.2, 0.25) is 0 Å². The Hall–Kier alpha value is -5.26. The third kappa shape index (κ3) is 8.55. The Morgan fingerprint density at radius 3 is 2.19 bits per heavy atom. The van der Waals surface area contributed by atoms with Crippen molar-refractivity contribution in [1.82, 2.24) is 5.32 Å².